The summed E-state index contributed by atoms with van der Waals surface area (Å²) in [5, 5.41) is 8.55. The van der Waals surface area contributed by atoms with Crippen molar-refractivity contribution in [3.63, 3.8) is 0 Å². The van der Waals surface area contributed by atoms with Crippen molar-refractivity contribution in [3.05, 3.63) is 6.07 Å². The summed E-state index contributed by atoms with van der Waals surface area (Å²) in [4.78, 5) is 18.5. The number of aromatic nitrogens is 2. The van der Waals surface area contributed by atoms with Gasteiger partial charge in [-0.25, -0.2) is 9.97 Å². The summed E-state index contributed by atoms with van der Waals surface area (Å²) in [6.45, 7) is 1.78. The van der Waals surface area contributed by atoms with E-state index in [9.17, 15) is 4.79 Å². The van der Waals surface area contributed by atoms with Gasteiger partial charge < -0.3 is 16.6 Å². The number of nitrogen functional groups attached to an aromatic ring is 2. The molecule has 0 aromatic carbocycles. The van der Waals surface area contributed by atoms with Gasteiger partial charge in [-0.15, -0.1) is 0 Å². The van der Waals surface area contributed by atoms with Crippen molar-refractivity contribution >= 4 is 29.4 Å². The van der Waals surface area contributed by atoms with Gasteiger partial charge in [-0.1, -0.05) is 18.7 Å². The summed E-state index contributed by atoms with van der Waals surface area (Å²) in [5.41, 5.74) is 10.9. The highest BCUT2D eigenvalue weighted by molar-refractivity contribution is 8.00. The first kappa shape index (κ1) is 11.6. The normalized spacial score (nSPS) is 12.3. The first-order valence-electron chi connectivity index (χ1n) is 4.32. The Kier molecular flexibility index (Phi) is 3.73. The molecule has 82 valence electrons. The van der Waals surface area contributed by atoms with E-state index in [1.165, 1.54) is 6.07 Å². The number of nitrogens with zero attached hydrogens (tertiary/aromatic N) is 2. The summed E-state index contributed by atoms with van der Waals surface area (Å²) in [7, 11) is 0. The number of carbonyl (C=O) groups is 1. The van der Waals surface area contributed by atoms with Crippen LogP contribution in [0.3, 0.4) is 0 Å². The SMILES string of the molecule is CC[C@H](Sc1nc(N)cc(N)n1)C(=O)O. The smallest absolute Gasteiger partial charge is 0.317 e. The molecule has 0 saturated carbocycles. The van der Waals surface area contributed by atoms with E-state index in [-0.39, 0.29) is 11.6 Å². The number of hydrogen-bond acceptors (Lipinski definition) is 6. The minimum Gasteiger partial charge on any atom is -0.480 e. The fourth-order valence-corrected chi connectivity index (χ4v) is 1.79. The highest BCUT2D eigenvalue weighted by Crippen LogP contribution is 2.23. The summed E-state index contributed by atoms with van der Waals surface area (Å²) < 4.78 is 0. The molecule has 0 saturated heterocycles. The Balaban J connectivity index is 2.83. The Morgan fingerprint density at radius 1 is 1.53 bits per heavy atom. The molecule has 0 aliphatic heterocycles. The lowest BCUT2D eigenvalue weighted by molar-refractivity contribution is -0.136. The zero-order chi connectivity index (χ0) is 11.4. The Hall–Kier alpha value is -1.50. The number of hydrogen-bond donors (Lipinski definition) is 3. The van der Waals surface area contributed by atoms with Crippen LogP contribution < -0.4 is 11.5 Å². The largest absolute Gasteiger partial charge is 0.480 e. The molecule has 6 nitrogen and oxygen atoms in total. The number of carboxylic acids is 1. The lowest BCUT2D eigenvalue weighted by Gasteiger charge is -2.08. The average molecular weight is 228 g/mol. The Morgan fingerprint density at radius 2 is 2.07 bits per heavy atom. The number of carboxylic acid groups (broad SMARTS) is 1. The van der Waals surface area contributed by atoms with Crippen LogP contribution in [0.15, 0.2) is 11.2 Å². The molecule has 0 fully saturated rings. The fraction of sp³-hybridized carbons (Fsp3) is 0.375. The Morgan fingerprint density at radius 3 is 2.47 bits per heavy atom. The van der Waals surface area contributed by atoms with Crippen molar-refractivity contribution in [1.29, 1.82) is 0 Å². The number of rotatable bonds is 4. The number of aliphatic carboxylic acids is 1. The van der Waals surface area contributed by atoms with Gasteiger partial charge in [0.2, 0.25) is 0 Å². The van der Waals surface area contributed by atoms with E-state index in [4.69, 9.17) is 16.6 Å². The molecule has 0 aliphatic carbocycles. The Bertz CT molecular complexity index is 351. The maximum Gasteiger partial charge on any atom is 0.317 e. The highest BCUT2D eigenvalue weighted by atomic mass is 32.2. The first-order chi connectivity index (χ1) is 7.02. The monoisotopic (exact) mass is 228 g/mol. The van der Waals surface area contributed by atoms with E-state index in [1.54, 1.807) is 6.92 Å². The van der Waals surface area contributed by atoms with Crippen LogP contribution in [-0.4, -0.2) is 26.3 Å². The standard InChI is InChI=1S/C8H12N4O2S/c1-2-4(7(13)14)15-8-11-5(9)3-6(10)12-8/h3-4H,2H2,1H3,(H,13,14)(H4,9,10,11,12)/t4-/m0/s1. The minimum atomic E-state index is -0.896. The molecule has 1 aromatic rings. The molecule has 15 heavy (non-hydrogen) atoms. The Labute approximate surface area is 91.1 Å². The number of anilines is 2. The van der Waals surface area contributed by atoms with Crippen LogP contribution in [0, 0.1) is 0 Å². The molecule has 1 rings (SSSR count). The molecule has 0 aliphatic rings. The molecule has 1 atom stereocenters. The molecule has 0 radical (unpaired) electrons. The fourth-order valence-electron chi connectivity index (χ4n) is 0.950. The van der Waals surface area contributed by atoms with Crippen molar-refractivity contribution < 1.29 is 9.90 Å². The maximum absolute atomic E-state index is 10.8. The summed E-state index contributed by atoms with van der Waals surface area (Å²) in [6.07, 6.45) is 0.484. The predicted octanol–water partition coefficient (Wildman–Crippen LogP) is 0.596. The van der Waals surface area contributed by atoms with Gasteiger partial charge in [-0.3, -0.25) is 4.79 Å². The van der Waals surface area contributed by atoms with Crippen molar-refractivity contribution in [1.82, 2.24) is 9.97 Å². The van der Waals surface area contributed by atoms with Gasteiger partial charge in [0, 0.05) is 6.07 Å². The number of nitrogens with two attached hydrogens (primary N) is 2. The molecule has 0 bridgehead atoms. The van der Waals surface area contributed by atoms with Gasteiger partial charge in [0.1, 0.15) is 16.9 Å². The molecule has 7 heteroatoms. The molecule has 0 spiro atoms. The van der Waals surface area contributed by atoms with Crippen molar-refractivity contribution in [3.8, 4) is 0 Å². The summed E-state index contributed by atoms with van der Waals surface area (Å²) in [6, 6.07) is 1.42. The van der Waals surface area contributed by atoms with Crippen LogP contribution in [0.25, 0.3) is 0 Å². The van der Waals surface area contributed by atoms with Gasteiger partial charge in [0.25, 0.3) is 0 Å². The van der Waals surface area contributed by atoms with E-state index in [0.717, 1.165) is 11.8 Å². The van der Waals surface area contributed by atoms with Gasteiger partial charge in [0.15, 0.2) is 5.16 Å². The van der Waals surface area contributed by atoms with Crippen LogP contribution in [0.1, 0.15) is 13.3 Å². The highest BCUT2D eigenvalue weighted by Gasteiger charge is 2.18. The minimum absolute atomic E-state index is 0.241. The zero-order valence-corrected chi connectivity index (χ0v) is 8.99. The average Bonchev–Trinajstić information content (AvgIpc) is 2.12. The third-order valence-corrected chi connectivity index (χ3v) is 2.85. The van der Waals surface area contributed by atoms with Gasteiger partial charge in [0.05, 0.1) is 0 Å². The van der Waals surface area contributed by atoms with Crippen LogP contribution in [-0.2, 0) is 4.79 Å². The van der Waals surface area contributed by atoms with E-state index in [2.05, 4.69) is 9.97 Å². The van der Waals surface area contributed by atoms with Crippen molar-refractivity contribution in [2.24, 2.45) is 0 Å². The topological polar surface area (TPSA) is 115 Å². The lowest BCUT2D eigenvalue weighted by atomic mass is 10.3. The first-order valence-corrected chi connectivity index (χ1v) is 5.20. The quantitative estimate of drug-likeness (QED) is 0.510. The van der Waals surface area contributed by atoms with Crippen molar-refractivity contribution in [2.45, 2.75) is 23.8 Å². The zero-order valence-electron chi connectivity index (χ0n) is 8.17. The summed E-state index contributed by atoms with van der Waals surface area (Å²) >= 11 is 1.04. The van der Waals surface area contributed by atoms with E-state index >= 15 is 0 Å². The predicted molar refractivity (Wildman–Crippen MR) is 58.4 cm³/mol. The second kappa shape index (κ2) is 4.83. The summed E-state index contributed by atoms with van der Waals surface area (Å²) in [5.74, 6) is -0.414. The van der Waals surface area contributed by atoms with Crippen LogP contribution in [0.5, 0.6) is 0 Å². The molecular formula is C8H12N4O2S. The van der Waals surface area contributed by atoms with Crippen LogP contribution in [0.4, 0.5) is 11.6 Å². The van der Waals surface area contributed by atoms with Gasteiger partial charge in [-0.05, 0) is 6.42 Å². The van der Waals surface area contributed by atoms with E-state index in [1.807, 2.05) is 0 Å². The number of thioether (sulfide) groups is 1. The molecule has 1 heterocycles. The van der Waals surface area contributed by atoms with Crippen molar-refractivity contribution in [2.75, 3.05) is 11.5 Å². The maximum atomic E-state index is 10.8. The van der Waals surface area contributed by atoms with Crippen LogP contribution >= 0.6 is 11.8 Å². The van der Waals surface area contributed by atoms with Gasteiger partial charge in [-0.2, -0.15) is 0 Å². The van der Waals surface area contributed by atoms with E-state index < -0.39 is 11.2 Å². The second-order valence-corrected chi connectivity index (χ2v) is 4.02. The lowest BCUT2D eigenvalue weighted by Crippen LogP contribution is -2.15. The second-order valence-electron chi connectivity index (χ2n) is 2.85. The third-order valence-electron chi connectivity index (χ3n) is 1.64. The molecule has 1 aromatic heterocycles. The molecular weight excluding hydrogens is 216 g/mol. The van der Waals surface area contributed by atoms with Crippen LogP contribution in [0.2, 0.25) is 0 Å². The van der Waals surface area contributed by atoms with E-state index in [0.29, 0.717) is 11.6 Å². The molecule has 0 amide bonds. The molecule has 0 unspecified atom stereocenters. The third kappa shape index (κ3) is 3.28. The molecule has 5 N–H and O–H groups in total. The van der Waals surface area contributed by atoms with Gasteiger partial charge >= 0.3 is 5.97 Å².